The SMILES string of the molecule is COC(=O)c1nn(-c2ccccc2)c(N)c1CC(F)(F)F. The molecule has 2 rings (SSSR count). The van der Waals surface area contributed by atoms with Gasteiger partial charge in [-0.25, -0.2) is 9.48 Å². The molecule has 5 nitrogen and oxygen atoms in total. The van der Waals surface area contributed by atoms with E-state index in [0.29, 0.717) is 5.69 Å². The lowest BCUT2D eigenvalue weighted by molar-refractivity contribution is -0.127. The van der Waals surface area contributed by atoms with E-state index in [0.717, 1.165) is 11.8 Å². The highest BCUT2D eigenvalue weighted by atomic mass is 19.4. The average molecular weight is 299 g/mol. The van der Waals surface area contributed by atoms with Crippen molar-refractivity contribution in [2.24, 2.45) is 0 Å². The van der Waals surface area contributed by atoms with Crippen LogP contribution in [-0.4, -0.2) is 29.0 Å². The zero-order chi connectivity index (χ0) is 15.6. The van der Waals surface area contributed by atoms with Crippen LogP contribution in [0, 0.1) is 0 Å². The molecule has 0 aliphatic rings. The van der Waals surface area contributed by atoms with Crippen molar-refractivity contribution in [2.45, 2.75) is 12.6 Å². The molecule has 0 saturated heterocycles. The van der Waals surface area contributed by atoms with E-state index in [1.807, 2.05) is 0 Å². The van der Waals surface area contributed by atoms with Gasteiger partial charge < -0.3 is 10.5 Å². The summed E-state index contributed by atoms with van der Waals surface area (Å²) in [6.45, 7) is 0. The van der Waals surface area contributed by atoms with Gasteiger partial charge in [0.25, 0.3) is 0 Å². The van der Waals surface area contributed by atoms with Crippen LogP contribution in [0.15, 0.2) is 30.3 Å². The highest BCUT2D eigenvalue weighted by molar-refractivity contribution is 5.90. The minimum absolute atomic E-state index is 0.237. The number of nitrogen functional groups attached to an aromatic ring is 1. The van der Waals surface area contributed by atoms with E-state index in [9.17, 15) is 18.0 Å². The van der Waals surface area contributed by atoms with Crippen molar-refractivity contribution in [1.29, 1.82) is 0 Å². The topological polar surface area (TPSA) is 70.1 Å². The summed E-state index contributed by atoms with van der Waals surface area (Å²) in [5.41, 5.74) is 5.36. The average Bonchev–Trinajstić information content (AvgIpc) is 2.75. The van der Waals surface area contributed by atoms with Crippen LogP contribution >= 0.6 is 0 Å². The minimum atomic E-state index is -4.51. The van der Waals surface area contributed by atoms with Gasteiger partial charge in [-0.05, 0) is 12.1 Å². The van der Waals surface area contributed by atoms with Crippen LogP contribution in [0.3, 0.4) is 0 Å². The lowest BCUT2D eigenvalue weighted by Crippen LogP contribution is -2.16. The fourth-order valence-electron chi connectivity index (χ4n) is 1.86. The van der Waals surface area contributed by atoms with Gasteiger partial charge in [0, 0.05) is 5.56 Å². The number of carbonyl (C=O) groups excluding carboxylic acids is 1. The molecule has 0 aliphatic heterocycles. The molecule has 112 valence electrons. The third-order valence-electron chi connectivity index (χ3n) is 2.78. The summed E-state index contributed by atoms with van der Waals surface area (Å²) >= 11 is 0. The second-order valence-electron chi connectivity index (χ2n) is 4.24. The molecule has 0 saturated carbocycles. The maximum atomic E-state index is 12.6. The summed E-state index contributed by atoms with van der Waals surface area (Å²) < 4.78 is 43.5. The third-order valence-corrected chi connectivity index (χ3v) is 2.78. The number of para-hydroxylation sites is 1. The van der Waals surface area contributed by atoms with Crippen molar-refractivity contribution in [3.8, 4) is 5.69 Å². The number of carbonyl (C=O) groups is 1. The highest BCUT2D eigenvalue weighted by Crippen LogP contribution is 2.29. The van der Waals surface area contributed by atoms with Gasteiger partial charge in [-0.15, -0.1) is 0 Å². The highest BCUT2D eigenvalue weighted by Gasteiger charge is 2.34. The molecule has 0 radical (unpaired) electrons. The first-order chi connectivity index (χ1) is 9.83. The van der Waals surface area contributed by atoms with Gasteiger partial charge in [0.15, 0.2) is 5.69 Å². The van der Waals surface area contributed by atoms with E-state index < -0.39 is 29.8 Å². The van der Waals surface area contributed by atoms with E-state index in [-0.39, 0.29) is 5.82 Å². The van der Waals surface area contributed by atoms with Crippen LogP contribution in [-0.2, 0) is 11.2 Å². The van der Waals surface area contributed by atoms with Crippen LogP contribution < -0.4 is 5.73 Å². The number of aromatic nitrogens is 2. The Hall–Kier alpha value is -2.51. The molecule has 0 atom stereocenters. The van der Waals surface area contributed by atoms with Crippen LogP contribution in [0.5, 0.6) is 0 Å². The summed E-state index contributed by atoms with van der Waals surface area (Å²) in [5, 5.41) is 3.85. The Balaban J connectivity index is 2.57. The van der Waals surface area contributed by atoms with E-state index in [1.165, 1.54) is 0 Å². The molecule has 0 spiro atoms. The number of anilines is 1. The molecule has 1 aromatic carbocycles. The number of ether oxygens (including phenoxy) is 1. The number of rotatable bonds is 3. The Kier molecular flexibility index (Phi) is 3.88. The summed E-state index contributed by atoms with van der Waals surface area (Å²) in [6.07, 6.45) is -5.86. The van der Waals surface area contributed by atoms with Crippen molar-refractivity contribution >= 4 is 11.8 Å². The standard InChI is InChI=1S/C13H12F3N3O2/c1-21-12(20)10-9(7-13(14,15)16)11(17)19(18-10)8-5-3-2-4-6-8/h2-6H,7,17H2,1H3. The summed E-state index contributed by atoms with van der Waals surface area (Å²) in [5.74, 6) is -1.20. The number of halogens is 3. The fraction of sp³-hybridized carbons (Fsp3) is 0.231. The first kappa shape index (κ1) is 14.9. The molecule has 0 unspecified atom stereocenters. The Labute approximate surface area is 118 Å². The van der Waals surface area contributed by atoms with Crippen molar-refractivity contribution in [3.05, 3.63) is 41.6 Å². The molecule has 0 amide bonds. The van der Waals surface area contributed by atoms with Gasteiger partial charge >= 0.3 is 12.1 Å². The number of alkyl halides is 3. The first-order valence-electron chi connectivity index (χ1n) is 5.91. The number of methoxy groups -OCH3 is 1. The Morgan fingerprint density at radius 3 is 2.48 bits per heavy atom. The normalized spacial score (nSPS) is 11.4. The van der Waals surface area contributed by atoms with Gasteiger partial charge in [0.1, 0.15) is 5.82 Å². The fourth-order valence-corrected chi connectivity index (χ4v) is 1.86. The van der Waals surface area contributed by atoms with Crippen molar-refractivity contribution in [1.82, 2.24) is 9.78 Å². The summed E-state index contributed by atoms with van der Waals surface area (Å²) in [7, 11) is 1.07. The van der Waals surface area contributed by atoms with Gasteiger partial charge in [0.05, 0.1) is 19.2 Å². The molecular weight excluding hydrogens is 287 g/mol. The number of benzene rings is 1. The maximum Gasteiger partial charge on any atom is 0.393 e. The second-order valence-corrected chi connectivity index (χ2v) is 4.24. The van der Waals surface area contributed by atoms with Crippen LogP contribution in [0.2, 0.25) is 0 Å². The van der Waals surface area contributed by atoms with Gasteiger partial charge in [-0.1, -0.05) is 18.2 Å². The molecule has 0 fully saturated rings. The number of esters is 1. The molecule has 2 aromatic rings. The number of hydrogen-bond donors (Lipinski definition) is 1. The van der Waals surface area contributed by atoms with Crippen molar-refractivity contribution in [3.63, 3.8) is 0 Å². The van der Waals surface area contributed by atoms with Gasteiger partial charge in [-0.3, -0.25) is 0 Å². The Bertz CT molecular complexity index is 651. The Morgan fingerprint density at radius 2 is 1.95 bits per heavy atom. The van der Waals surface area contributed by atoms with Gasteiger partial charge in [-0.2, -0.15) is 18.3 Å². The molecule has 2 N–H and O–H groups in total. The molecule has 0 bridgehead atoms. The Morgan fingerprint density at radius 1 is 1.33 bits per heavy atom. The van der Waals surface area contributed by atoms with Crippen LogP contribution in [0.4, 0.5) is 19.0 Å². The molecule has 1 heterocycles. The lowest BCUT2D eigenvalue weighted by Gasteiger charge is -2.07. The summed E-state index contributed by atoms with van der Waals surface area (Å²) in [6, 6.07) is 8.32. The van der Waals surface area contributed by atoms with E-state index in [4.69, 9.17) is 5.73 Å². The largest absolute Gasteiger partial charge is 0.464 e. The molecule has 0 aliphatic carbocycles. The van der Waals surface area contributed by atoms with E-state index in [2.05, 4.69) is 9.84 Å². The van der Waals surface area contributed by atoms with Crippen molar-refractivity contribution in [2.75, 3.05) is 12.8 Å². The predicted octanol–water partition coefficient (Wildman–Crippen LogP) is 2.35. The quantitative estimate of drug-likeness (QED) is 0.883. The van der Waals surface area contributed by atoms with Crippen molar-refractivity contribution < 1.29 is 22.7 Å². The number of nitrogens with zero attached hydrogens (tertiary/aromatic N) is 2. The smallest absolute Gasteiger partial charge is 0.393 e. The number of hydrogen-bond acceptors (Lipinski definition) is 4. The van der Waals surface area contributed by atoms with E-state index in [1.54, 1.807) is 30.3 Å². The molecule has 1 aromatic heterocycles. The molecular formula is C13H12F3N3O2. The maximum absolute atomic E-state index is 12.6. The predicted molar refractivity (Wildman–Crippen MR) is 69.1 cm³/mol. The second kappa shape index (κ2) is 5.47. The zero-order valence-corrected chi connectivity index (χ0v) is 11.0. The zero-order valence-electron chi connectivity index (χ0n) is 11.0. The summed E-state index contributed by atoms with van der Waals surface area (Å²) in [4.78, 5) is 11.6. The molecule has 21 heavy (non-hydrogen) atoms. The number of nitrogens with two attached hydrogens (primary N) is 1. The lowest BCUT2D eigenvalue weighted by atomic mass is 10.1. The van der Waals surface area contributed by atoms with E-state index >= 15 is 0 Å². The third kappa shape index (κ3) is 3.15. The monoisotopic (exact) mass is 299 g/mol. The first-order valence-corrected chi connectivity index (χ1v) is 5.91. The van der Waals surface area contributed by atoms with Crippen LogP contribution in [0.1, 0.15) is 16.1 Å². The van der Waals surface area contributed by atoms with Crippen LogP contribution in [0.25, 0.3) is 5.69 Å². The van der Waals surface area contributed by atoms with Gasteiger partial charge in [0.2, 0.25) is 0 Å². The molecule has 8 heteroatoms. The minimum Gasteiger partial charge on any atom is -0.464 e.